The van der Waals surface area contributed by atoms with Gasteiger partial charge in [-0.3, -0.25) is 4.79 Å². The molecule has 0 radical (unpaired) electrons. The lowest BCUT2D eigenvalue weighted by Gasteiger charge is -2.26. The highest BCUT2D eigenvalue weighted by molar-refractivity contribution is 7.89. The number of amides is 1. The first kappa shape index (κ1) is 23.9. The van der Waals surface area contributed by atoms with Gasteiger partial charge in [0.25, 0.3) is 5.91 Å². The fourth-order valence-corrected chi connectivity index (χ4v) is 5.28. The fraction of sp³-hybridized carbons (Fsp3) is 0.435. The zero-order valence-corrected chi connectivity index (χ0v) is 19.5. The van der Waals surface area contributed by atoms with Crippen molar-refractivity contribution in [1.29, 1.82) is 0 Å². The largest absolute Gasteiger partial charge is 0.496 e. The van der Waals surface area contributed by atoms with Gasteiger partial charge < -0.3 is 19.5 Å². The molecule has 0 unspecified atom stereocenters. The Hall–Kier alpha value is -2.78. The maximum Gasteiger partial charge on any atom is 0.258 e. The van der Waals surface area contributed by atoms with Crippen LogP contribution in [0.5, 0.6) is 17.2 Å². The third-order valence-electron chi connectivity index (χ3n) is 5.45. The van der Waals surface area contributed by atoms with Crippen molar-refractivity contribution < 1.29 is 27.4 Å². The van der Waals surface area contributed by atoms with Crippen molar-refractivity contribution in [3.05, 3.63) is 47.5 Å². The molecule has 1 amide bonds. The van der Waals surface area contributed by atoms with Gasteiger partial charge in [0.05, 0.1) is 31.2 Å². The van der Waals surface area contributed by atoms with Crippen LogP contribution in [0.1, 0.15) is 30.4 Å². The Balaban J connectivity index is 1.60. The molecule has 0 aliphatic carbocycles. The van der Waals surface area contributed by atoms with E-state index in [2.05, 4.69) is 5.32 Å². The lowest BCUT2D eigenvalue weighted by Crippen LogP contribution is -2.35. The summed E-state index contributed by atoms with van der Waals surface area (Å²) in [6, 6.07) is 10.1. The Morgan fingerprint density at radius 3 is 2.25 bits per heavy atom. The molecule has 1 heterocycles. The Morgan fingerprint density at radius 1 is 1.00 bits per heavy atom. The SMILES string of the molecule is COc1cccc(OC)c1CNC(=O)COc1ccc(S(=O)(=O)N2CCCCC2)cc1C. The van der Waals surface area contributed by atoms with Crippen LogP contribution in [0.3, 0.4) is 0 Å². The van der Waals surface area contributed by atoms with E-state index >= 15 is 0 Å². The van der Waals surface area contributed by atoms with Crippen LogP contribution in [-0.2, 0) is 21.4 Å². The smallest absolute Gasteiger partial charge is 0.258 e. The number of nitrogens with one attached hydrogen (secondary N) is 1. The third-order valence-corrected chi connectivity index (χ3v) is 7.34. The monoisotopic (exact) mass is 462 g/mol. The van der Waals surface area contributed by atoms with E-state index < -0.39 is 10.0 Å². The molecule has 0 aromatic heterocycles. The van der Waals surface area contributed by atoms with Crippen LogP contribution in [0.15, 0.2) is 41.3 Å². The minimum atomic E-state index is -3.51. The lowest BCUT2D eigenvalue weighted by molar-refractivity contribution is -0.123. The van der Waals surface area contributed by atoms with Gasteiger partial charge in [0.15, 0.2) is 6.61 Å². The van der Waals surface area contributed by atoms with E-state index in [1.54, 1.807) is 45.4 Å². The van der Waals surface area contributed by atoms with Crippen LogP contribution in [0.2, 0.25) is 0 Å². The minimum Gasteiger partial charge on any atom is -0.496 e. The van der Waals surface area contributed by atoms with Crippen molar-refractivity contribution in [3.8, 4) is 17.2 Å². The van der Waals surface area contributed by atoms with Crippen molar-refractivity contribution in [2.24, 2.45) is 0 Å². The quantitative estimate of drug-likeness (QED) is 0.616. The molecule has 1 aliphatic rings. The van der Waals surface area contributed by atoms with Crippen molar-refractivity contribution in [2.75, 3.05) is 33.9 Å². The molecule has 0 spiro atoms. The molecule has 1 N–H and O–H groups in total. The van der Waals surface area contributed by atoms with E-state index in [4.69, 9.17) is 14.2 Å². The fourth-order valence-electron chi connectivity index (χ4n) is 3.68. The number of ether oxygens (including phenoxy) is 3. The lowest BCUT2D eigenvalue weighted by atomic mass is 10.1. The molecule has 0 atom stereocenters. The van der Waals surface area contributed by atoms with E-state index in [9.17, 15) is 13.2 Å². The second-order valence-electron chi connectivity index (χ2n) is 7.60. The van der Waals surface area contributed by atoms with E-state index in [1.807, 2.05) is 6.07 Å². The zero-order chi connectivity index (χ0) is 23.1. The maximum atomic E-state index is 12.8. The van der Waals surface area contributed by atoms with Gasteiger partial charge in [-0.1, -0.05) is 12.5 Å². The van der Waals surface area contributed by atoms with Gasteiger partial charge in [-0.2, -0.15) is 4.31 Å². The van der Waals surface area contributed by atoms with Crippen LogP contribution in [0.25, 0.3) is 0 Å². The summed E-state index contributed by atoms with van der Waals surface area (Å²) in [7, 11) is -0.397. The van der Waals surface area contributed by atoms with E-state index in [-0.39, 0.29) is 24.0 Å². The number of benzene rings is 2. The third kappa shape index (κ3) is 5.52. The second kappa shape index (κ2) is 10.7. The van der Waals surface area contributed by atoms with Crippen LogP contribution in [0, 0.1) is 6.92 Å². The predicted octanol–water partition coefficient (Wildman–Crippen LogP) is 2.88. The standard InChI is InChI=1S/C23H30N2O6S/c1-17-14-18(32(27,28)25-12-5-4-6-13-25)10-11-20(17)31-16-23(26)24-15-19-21(29-2)8-7-9-22(19)30-3/h7-11,14H,4-6,12-13,15-16H2,1-3H3,(H,24,26). The van der Waals surface area contributed by atoms with Crippen molar-refractivity contribution in [1.82, 2.24) is 9.62 Å². The highest BCUT2D eigenvalue weighted by Crippen LogP contribution is 2.28. The van der Waals surface area contributed by atoms with Gasteiger partial charge in [-0.15, -0.1) is 0 Å². The maximum absolute atomic E-state index is 12.8. The Kier molecular flexibility index (Phi) is 7.98. The first-order valence-electron chi connectivity index (χ1n) is 10.6. The number of carbonyl (C=O) groups is 1. The molecule has 3 rings (SSSR count). The molecule has 1 fully saturated rings. The number of rotatable bonds is 9. The van der Waals surface area contributed by atoms with Gasteiger partial charge >= 0.3 is 0 Å². The van der Waals surface area contributed by atoms with Gasteiger partial charge in [0.2, 0.25) is 10.0 Å². The summed E-state index contributed by atoms with van der Waals surface area (Å²) < 4.78 is 43.5. The van der Waals surface area contributed by atoms with Crippen molar-refractivity contribution in [2.45, 2.75) is 37.6 Å². The van der Waals surface area contributed by atoms with Crippen LogP contribution in [-0.4, -0.2) is 52.5 Å². The first-order valence-corrected chi connectivity index (χ1v) is 12.0. The highest BCUT2D eigenvalue weighted by Gasteiger charge is 2.26. The molecule has 32 heavy (non-hydrogen) atoms. The summed E-state index contributed by atoms with van der Waals surface area (Å²) in [5.41, 5.74) is 1.39. The number of piperidine rings is 1. The molecule has 1 aliphatic heterocycles. The molecule has 2 aromatic carbocycles. The molecule has 8 nitrogen and oxygen atoms in total. The summed E-state index contributed by atoms with van der Waals surface area (Å²) in [5, 5.41) is 2.79. The molecular formula is C23H30N2O6S. The van der Waals surface area contributed by atoms with Gasteiger partial charge in [0, 0.05) is 13.1 Å². The van der Waals surface area contributed by atoms with Gasteiger partial charge in [-0.05, 0) is 55.7 Å². The number of sulfonamides is 1. The summed E-state index contributed by atoms with van der Waals surface area (Å²) in [4.78, 5) is 12.6. The molecular weight excluding hydrogens is 432 g/mol. The Bertz CT molecular complexity index is 1030. The summed E-state index contributed by atoms with van der Waals surface area (Å²) in [6.45, 7) is 2.90. The number of aryl methyl sites for hydroxylation is 1. The van der Waals surface area contributed by atoms with E-state index in [1.165, 1.54) is 10.4 Å². The summed E-state index contributed by atoms with van der Waals surface area (Å²) >= 11 is 0. The van der Waals surface area contributed by atoms with Crippen molar-refractivity contribution in [3.63, 3.8) is 0 Å². The Morgan fingerprint density at radius 2 is 1.66 bits per heavy atom. The average Bonchev–Trinajstić information content (AvgIpc) is 2.82. The number of methoxy groups -OCH3 is 2. The second-order valence-corrected chi connectivity index (χ2v) is 9.54. The number of hydrogen-bond donors (Lipinski definition) is 1. The predicted molar refractivity (Wildman–Crippen MR) is 121 cm³/mol. The molecule has 1 saturated heterocycles. The van der Waals surface area contributed by atoms with Crippen LogP contribution in [0.4, 0.5) is 0 Å². The molecule has 174 valence electrons. The minimum absolute atomic E-state index is 0.198. The Labute approximate surface area is 189 Å². The van der Waals surface area contributed by atoms with Crippen LogP contribution < -0.4 is 19.5 Å². The molecule has 0 bridgehead atoms. The zero-order valence-electron chi connectivity index (χ0n) is 18.7. The van der Waals surface area contributed by atoms with E-state index in [0.717, 1.165) is 24.8 Å². The summed E-state index contributed by atoms with van der Waals surface area (Å²) in [6.07, 6.45) is 2.83. The molecule has 9 heteroatoms. The van der Waals surface area contributed by atoms with Gasteiger partial charge in [0.1, 0.15) is 17.2 Å². The van der Waals surface area contributed by atoms with E-state index in [0.29, 0.717) is 35.9 Å². The van der Waals surface area contributed by atoms with Crippen LogP contribution >= 0.6 is 0 Å². The van der Waals surface area contributed by atoms with Gasteiger partial charge in [-0.25, -0.2) is 8.42 Å². The molecule has 2 aromatic rings. The normalized spacial score (nSPS) is 14.6. The topological polar surface area (TPSA) is 94.2 Å². The highest BCUT2D eigenvalue weighted by atomic mass is 32.2. The van der Waals surface area contributed by atoms with Crippen molar-refractivity contribution >= 4 is 15.9 Å². The molecule has 0 saturated carbocycles. The number of carbonyl (C=O) groups excluding carboxylic acids is 1. The number of nitrogens with zero attached hydrogens (tertiary/aromatic N) is 1. The first-order chi connectivity index (χ1) is 15.4. The number of hydrogen-bond acceptors (Lipinski definition) is 6. The average molecular weight is 463 g/mol. The summed E-state index contributed by atoms with van der Waals surface area (Å²) in [5.74, 6) is 1.38.